The quantitative estimate of drug-likeness (QED) is 0.483. The summed E-state index contributed by atoms with van der Waals surface area (Å²) in [7, 11) is 0. The summed E-state index contributed by atoms with van der Waals surface area (Å²) < 4.78 is 4.66. The van der Waals surface area contributed by atoms with Crippen LogP contribution in [-0.4, -0.2) is 35.4 Å². The number of carboxylic acid groups (broad SMARTS) is 1. The smallest absolute Gasteiger partial charge is 0.323 e. The minimum atomic E-state index is -1.54. The van der Waals surface area contributed by atoms with Gasteiger partial charge in [0, 0.05) is 6.61 Å². The van der Waals surface area contributed by atoms with E-state index < -0.39 is 17.4 Å². The highest BCUT2D eigenvalue weighted by Crippen LogP contribution is 2.25. The second-order valence-electron chi connectivity index (χ2n) is 3.18. The fourth-order valence-corrected chi connectivity index (χ4v) is 1.02. The molecule has 0 aromatic heterocycles. The van der Waals surface area contributed by atoms with Gasteiger partial charge < -0.3 is 14.9 Å². The predicted molar refractivity (Wildman–Crippen MR) is 48.7 cm³/mol. The van der Waals surface area contributed by atoms with Gasteiger partial charge >= 0.3 is 11.9 Å². The largest absolute Gasteiger partial charge is 0.480 e. The topological polar surface area (TPSA) is 83.8 Å². The van der Waals surface area contributed by atoms with Crippen LogP contribution in [-0.2, 0) is 14.3 Å². The lowest BCUT2D eigenvalue weighted by Crippen LogP contribution is -2.38. The highest BCUT2D eigenvalue weighted by atomic mass is 16.5. The number of hydrogen-bond acceptors (Lipinski definition) is 4. The third kappa shape index (κ3) is 2.99. The summed E-state index contributed by atoms with van der Waals surface area (Å²) in [6, 6.07) is 0. The van der Waals surface area contributed by atoms with E-state index in [1.807, 2.05) is 0 Å². The van der Waals surface area contributed by atoms with Crippen LogP contribution in [0.1, 0.15) is 26.7 Å². The van der Waals surface area contributed by atoms with Gasteiger partial charge in [0.15, 0.2) is 5.41 Å². The van der Waals surface area contributed by atoms with Gasteiger partial charge in [0.25, 0.3) is 0 Å². The molecule has 0 aliphatic carbocycles. The monoisotopic (exact) mass is 204 g/mol. The predicted octanol–water partition coefficient (Wildman–Crippen LogP) is 0.413. The standard InChI is InChI=1S/C9H16O5/c1-3-14-8(13)9(2,7(11)12)5-4-6-10/h10H,3-6H2,1-2H3,(H,11,12). The van der Waals surface area contributed by atoms with Gasteiger partial charge in [-0.2, -0.15) is 0 Å². The normalized spacial score (nSPS) is 14.5. The van der Waals surface area contributed by atoms with Crippen LogP contribution in [0.2, 0.25) is 0 Å². The summed E-state index contributed by atoms with van der Waals surface area (Å²) in [4.78, 5) is 22.2. The molecule has 1 unspecified atom stereocenters. The van der Waals surface area contributed by atoms with E-state index in [9.17, 15) is 9.59 Å². The molecule has 5 nitrogen and oxygen atoms in total. The summed E-state index contributed by atoms with van der Waals surface area (Å²) in [6.45, 7) is 2.94. The first-order valence-electron chi connectivity index (χ1n) is 4.50. The Kier molecular flexibility index (Phi) is 5.15. The van der Waals surface area contributed by atoms with Crippen molar-refractivity contribution in [3.05, 3.63) is 0 Å². The van der Waals surface area contributed by atoms with E-state index in [1.54, 1.807) is 6.92 Å². The van der Waals surface area contributed by atoms with E-state index in [-0.39, 0.29) is 26.1 Å². The summed E-state index contributed by atoms with van der Waals surface area (Å²) in [5.74, 6) is -1.97. The number of hydrogen-bond donors (Lipinski definition) is 2. The van der Waals surface area contributed by atoms with Crippen LogP contribution in [0.4, 0.5) is 0 Å². The molecular formula is C9H16O5. The Morgan fingerprint density at radius 1 is 1.43 bits per heavy atom. The zero-order valence-corrected chi connectivity index (χ0v) is 8.45. The Morgan fingerprint density at radius 2 is 2.00 bits per heavy atom. The summed E-state index contributed by atoms with van der Waals surface area (Å²) in [5, 5.41) is 17.5. The maximum absolute atomic E-state index is 11.3. The molecule has 0 aromatic carbocycles. The van der Waals surface area contributed by atoms with Crippen molar-refractivity contribution < 1.29 is 24.5 Å². The highest BCUT2D eigenvalue weighted by Gasteiger charge is 2.42. The molecule has 0 spiro atoms. The van der Waals surface area contributed by atoms with Crippen molar-refractivity contribution in [2.75, 3.05) is 13.2 Å². The van der Waals surface area contributed by atoms with E-state index in [1.165, 1.54) is 6.92 Å². The van der Waals surface area contributed by atoms with Crippen LogP contribution < -0.4 is 0 Å². The van der Waals surface area contributed by atoms with Crippen LogP contribution in [0.15, 0.2) is 0 Å². The van der Waals surface area contributed by atoms with Gasteiger partial charge in [0.1, 0.15) is 0 Å². The molecular weight excluding hydrogens is 188 g/mol. The Hall–Kier alpha value is -1.10. The number of carbonyl (C=O) groups is 2. The third-order valence-electron chi connectivity index (χ3n) is 2.03. The maximum Gasteiger partial charge on any atom is 0.323 e. The Labute approximate surface area is 82.7 Å². The first kappa shape index (κ1) is 12.9. The second kappa shape index (κ2) is 5.59. The lowest BCUT2D eigenvalue weighted by atomic mass is 9.86. The summed E-state index contributed by atoms with van der Waals surface area (Å²) in [5.41, 5.74) is -1.54. The molecule has 5 heteroatoms. The van der Waals surface area contributed by atoms with Gasteiger partial charge in [0.05, 0.1) is 6.61 Å². The van der Waals surface area contributed by atoms with Gasteiger partial charge in [-0.3, -0.25) is 9.59 Å². The van der Waals surface area contributed by atoms with Gasteiger partial charge in [-0.1, -0.05) is 0 Å². The lowest BCUT2D eigenvalue weighted by Gasteiger charge is -2.21. The minimum absolute atomic E-state index is 0.0810. The zero-order chi connectivity index (χ0) is 11.2. The van der Waals surface area contributed by atoms with Gasteiger partial charge in [-0.15, -0.1) is 0 Å². The molecule has 0 fully saturated rings. The van der Waals surface area contributed by atoms with Crippen molar-refractivity contribution in [3.63, 3.8) is 0 Å². The van der Waals surface area contributed by atoms with Crippen molar-refractivity contribution in [2.45, 2.75) is 26.7 Å². The Bertz CT molecular complexity index is 213. The minimum Gasteiger partial charge on any atom is -0.480 e. The number of aliphatic hydroxyl groups excluding tert-OH is 1. The van der Waals surface area contributed by atoms with E-state index >= 15 is 0 Å². The van der Waals surface area contributed by atoms with Crippen molar-refractivity contribution in [3.8, 4) is 0 Å². The number of aliphatic carboxylic acids is 1. The second-order valence-corrected chi connectivity index (χ2v) is 3.18. The molecule has 0 saturated heterocycles. The van der Waals surface area contributed by atoms with Crippen LogP contribution in [0.25, 0.3) is 0 Å². The first-order chi connectivity index (χ1) is 6.49. The molecule has 1 atom stereocenters. The SMILES string of the molecule is CCOC(=O)C(C)(CCCO)C(=O)O. The average molecular weight is 204 g/mol. The van der Waals surface area contributed by atoms with Crippen LogP contribution in [0.3, 0.4) is 0 Å². The number of carbonyl (C=O) groups excluding carboxylic acids is 1. The molecule has 0 aromatic rings. The lowest BCUT2D eigenvalue weighted by molar-refractivity contribution is -0.167. The van der Waals surface area contributed by atoms with Gasteiger partial charge in [0.2, 0.25) is 0 Å². The van der Waals surface area contributed by atoms with Gasteiger partial charge in [-0.25, -0.2) is 0 Å². The van der Waals surface area contributed by atoms with Crippen molar-refractivity contribution in [1.29, 1.82) is 0 Å². The number of esters is 1. The summed E-state index contributed by atoms with van der Waals surface area (Å²) >= 11 is 0. The molecule has 0 amide bonds. The molecule has 14 heavy (non-hydrogen) atoms. The molecule has 0 radical (unpaired) electrons. The molecule has 0 bridgehead atoms. The number of ether oxygens (including phenoxy) is 1. The number of aliphatic hydroxyl groups is 1. The highest BCUT2D eigenvalue weighted by molar-refractivity contribution is 5.98. The van der Waals surface area contributed by atoms with E-state index in [0.717, 1.165) is 0 Å². The molecule has 0 rings (SSSR count). The molecule has 0 aliphatic heterocycles. The number of rotatable bonds is 6. The maximum atomic E-state index is 11.3. The molecule has 82 valence electrons. The van der Waals surface area contributed by atoms with Gasteiger partial charge in [-0.05, 0) is 26.7 Å². The zero-order valence-electron chi connectivity index (χ0n) is 8.45. The molecule has 0 saturated carbocycles. The van der Waals surface area contributed by atoms with E-state index in [4.69, 9.17) is 10.2 Å². The molecule has 2 N–H and O–H groups in total. The Morgan fingerprint density at radius 3 is 2.36 bits per heavy atom. The van der Waals surface area contributed by atoms with Crippen LogP contribution in [0.5, 0.6) is 0 Å². The Balaban J connectivity index is 4.53. The van der Waals surface area contributed by atoms with Crippen LogP contribution in [0, 0.1) is 5.41 Å². The number of carboxylic acids is 1. The van der Waals surface area contributed by atoms with E-state index in [0.29, 0.717) is 0 Å². The first-order valence-corrected chi connectivity index (χ1v) is 4.50. The average Bonchev–Trinajstić information content (AvgIpc) is 2.14. The fourth-order valence-electron chi connectivity index (χ4n) is 1.02. The fraction of sp³-hybridized carbons (Fsp3) is 0.778. The van der Waals surface area contributed by atoms with E-state index in [2.05, 4.69) is 4.74 Å². The third-order valence-corrected chi connectivity index (χ3v) is 2.03. The summed E-state index contributed by atoms with van der Waals surface area (Å²) in [6.07, 6.45) is 0.347. The van der Waals surface area contributed by atoms with Crippen molar-refractivity contribution in [2.24, 2.45) is 5.41 Å². The van der Waals surface area contributed by atoms with Crippen LogP contribution >= 0.6 is 0 Å². The molecule has 0 aliphatic rings. The van der Waals surface area contributed by atoms with Crippen molar-refractivity contribution >= 4 is 11.9 Å². The molecule has 0 heterocycles. The van der Waals surface area contributed by atoms with Crippen molar-refractivity contribution in [1.82, 2.24) is 0 Å².